The Hall–Kier alpha value is -3.06. The fraction of sp³-hybridized carbons (Fsp3) is 0.440. The van der Waals surface area contributed by atoms with Gasteiger partial charge in [0.15, 0.2) is 5.96 Å². The van der Waals surface area contributed by atoms with Crippen LogP contribution >= 0.6 is 0 Å². The molecule has 2 aromatic rings. The lowest BCUT2D eigenvalue weighted by Gasteiger charge is -2.17. The summed E-state index contributed by atoms with van der Waals surface area (Å²) >= 11 is 0. The molecule has 1 atom stereocenters. The fourth-order valence-corrected chi connectivity index (χ4v) is 3.31. The summed E-state index contributed by atoms with van der Waals surface area (Å²) < 4.78 is 11.6. The molecule has 0 saturated carbocycles. The van der Waals surface area contributed by atoms with Crippen LogP contribution in [0.3, 0.4) is 0 Å². The Morgan fingerprint density at radius 2 is 2.00 bits per heavy atom. The number of ether oxygens (including phenoxy) is 2. The molecule has 1 amide bonds. The zero-order chi connectivity index (χ0) is 22.8. The van der Waals surface area contributed by atoms with Crippen LogP contribution in [0.15, 0.2) is 53.5 Å². The van der Waals surface area contributed by atoms with Gasteiger partial charge in [0, 0.05) is 32.6 Å². The predicted molar refractivity (Wildman–Crippen MR) is 127 cm³/mol. The van der Waals surface area contributed by atoms with Gasteiger partial charge in [0.2, 0.25) is 5.91 Å². The van der Waals surface area contributed by atoms with Gasteiger partial charge in [-0.2, -0.15) is 0 Å². The van der Waals surface area contributed by atoms with Crippen molar-refractivity contribution in [3.63, 3.8) is 0 Å². The fourth-order valence-electron chi connectivity index (χ4n) is 3.31. The van der Waals surface area contributed by atoms with Crippen molar-refractivity contribution >= 4 is 11.9 Å². The number of benzene rings is 2. The van der Waals surface area contributed by atoms with Crippen molar-refractivity contribution in [3.05, 3.63) is 65.2 Å². The zero-order valence-electron chi connectivity index (χ0n) is 19.3. The number of aryl methyl sites for hydroxylation is 1. The Bertz CT molecular complexity index is 893. The molecule has 172 valence electrons. The van der Waals surface area contributed by atoms with E-state index in [1.165, 1.54) is 5.56 Å². The van der Waals surface area contributed by atoms with Crippen LogP contribution in [0.25, 0.3) is 0 Å². The average Bonchev–Trinajstić information content (AvgIpc) is 3.29. The van der Waals surface area contributed by atoms with E-state index in [1.54, 1.807) is 19.0 Å². The van der Waals surface area contributed by atoms with Crippen LogP contribution in [0, 0.1) is 6.92 Å². The van der Waals surface area contributed by atoms with Gasteiger partial charge in [-0.1, -0.05) is 42.5 Å². The number of nitrogens with one attached hydrogen (secondary N) is 2. The molecule has 0 radical (unpaired) electrons. The van der Waals surface area contributed by atoms with Crippen LogP contribution in [0.2, 0.25) is 0 Å². The van der Waals surface area contributed by atoms with Crippen LogP contribution in [-0.2, 0) is 22.5 Å². The first-order valence-corrected chi connectivity index (χ1v) is 11.1. The number of carbonyl (C=O) groups excluding carboxylic acids is 1. The van der Waals surface area contributed by atoms with Gasteiger partial charge in [0.25, 0.3) is 0 Å². The largest absolute Gasteiger partial charge is 0.488 e. The number of aliphatic imine (C=N–C) groups is 1. The Morgan fingerprint density at radius 1 is 1.19 bits per heavy atom. The first-order valence-electron chi connectivity index (χ1n) is 11.1. The Morgan fingerprint density at radius 3 is 2.72 bits per heavy atom. The van der Waals surface area contributed by atoms with Crippen LogP contribution in [0.1, 0.15) is 23.1 Å². The van der Waals surface area contributed by atoms with Crippen molar-refractivity contribution in [2.24, 2.45) is 4.99 Å². The molecule has 1 aliphatic rings. The summed E-state index contributed by atoms with van der Waals surface area (Å²) in [6, 6.07) is 16.4. The number of carbonyl (C=O) groups is 1. The van der Waals surface area contributed by atoms with Crippen LogP contribution < -0.4 is 15.4 Å². The molecule has 1 heterocycles. The number of likely N-dealkylation sites (N-methyl/N-ethyl adjacent to an activating group) is 1. The van der Waals surface area contributed by atoms with Crippen LogP contribution in [0.4, 0.5) is 0 Å². The third-order valence-corrected chi connectivity index (χ3v) is 5.27. The molecule has 2 N–H and O–H groups in total. The van der Waals surface area contributed by atoms with E-state index in [2.05, 4.69) is 47.9 Å². The van der Waals surface area contributed by atoms with Crippen molar-refractivity contribution < 1.29 is 14.3 Å². The third kappa shape index (κ3) is 7.57. The van der Waals surface area contributed by atoms with Gasteiger partial charge in [-0.25, -0.2) is 4.99 Å². The highest BCUT2D eigenvalue weighted by Gasteiger charge is 2.18. The zero-order valence-corrected chi connectivity index (χ0v) is 19.3. The second-order valence-electron chi connectivity index (χ2n) is 8.18. The van der Waals surface area contributed by atoms with E-state index in [0.29, 0.717) is 25.7 Å². The van der Waals surface area contributed by atoms with Crippen LogP contribution in [-0.4, -0.2) is 63.3 Å². The third-order valence-electron chi connectivity index (χ3n) is 5.27. The molecule has 2 aromatic carbocycles. The Balaban J connectivity index is 1.67. The van der Waals surface area contributed by atoms with Crippen molar-refractivity contribution in [3.8, 4) is 5.75 Å². The Kier molecular flexibility index (Phi) is 8.92. The van der Waals surface area contributed by atoms with E-state index in [-0.39, 0.29) is 18.6 Å². The molecule has 7 nitrogen and oxygen atoms in total. The van der Waals surface area contributed by atoms with Crippen LogP contribution in [0.5, 0.6) is 5.75 Å². The van der Waals surface area contributed by atoms with E-state index in [9.17, 15) is 4.79 Å². The SMILES string of the molecule is Cc1ccc(CN=C(NCCc2ccccc2)NCC(=O)N(C)C)c(OC2CCOC2)c1. The molecule has 1 aliphatic heterocycles. The molecule has 0 aromatic heterocycles. The molecule has 1 saturated heterocycles. The van der Waals surface area contributed by atoms with Gasteiger partial charge in [0.1, 0.15) is 11.9 Å². The highest BCUT2D eigenvalue weighted by atomic mass is 16.5. The molecule has 7 heteroatoms. The van der Waals surface area contributed by atoms with Crippen molar-refractivity contribution in [1.82, 2.24) is 15.5 Å². The summed E-state index contributed by atoms with van der Waals surface area (Å²) in [4.78, 5) is 18.3. The molecular weight excluding hydrogens is 404 g/mol. The highest BCUT2D eigenvalue weighted by molar-refractivity contribution is 5.86. The van der Waals surface area contributed by atoms with Gasteiger partial charge in [-0.05, 0) is 30.5 Å². The molecule has 0 aliphatic carbocycles. The molecule has 1 fully saturated rings. The standard InChI is InChI=1S/C25H34N4O3/c1-19-9-10-21(23(15-19)32-22-12-14-31-18-22)16-27-25(28-17-24(30)29(2)3)26-13-11-20-7-5-4-6-8-20/h4-10,15,22H,11-14,16-18H2,1-3H3,(H2,26,27,28). The average molecular weight is 439 g/mol. The minimum atomic E-state index is -0.0110. The van der Waals surface area contributed by atoms with E-state index in [0.717, 1.165) is 36.3 Å². The lowest BCUT2D eigenvalue weighted by Crippen LogP contribution is -2.43. The summed E-state index contributed by atoms with van der Waals surface area (Å²) in [6.45, 7) is 4.75. The second kappa shape index (κ2) is 12.1. The predicted octanol–water partition coefficient (Wildman–Crippen LogP) is 2.53. The van der Waals surface area contributed by atoms with Crippen molar-refractivity contribution in [1.29, 1.82) is 0 Å². The van der Waals surface area contributed by atoms with E-state index >= 15 is 0 Å². The number of hydrogen-bond donors (Lipinski definition) is 2. The summed E-state index contributed by atoms with van der Waals surface area (Å²) in [7, 11) is 3.48. The number of guanidine groups is 1. The summed E-state index contributed by atoms with van der Waals surface area (Å²) in [5.74, 6) is 1.44. The maximum atomic E-state index is 12.1. The minimum Gasteiger partial charge on any atom is -0.488 e. The quantitative estimate of drug-likeness (QED) is 0.465. The van der Waals surface area contributed by atoms with Crippen molar-refractivity contribution in [2.45, 2.75) is 32.4 Å². The van der Waals surface area contributed by atoms with Gasteiger partial charge in [-0.15, -0.1) is 0 Å². The molecular formula is C25H34N4O3. The molecule has 0 bridgehead atoms. The lowest BCUT2D eigenvalue weighted by atomic mass is 10.1. The summed E-state index contributed by atoms with van der Waals surface area (Å²) in [5.41, 5.74) is 3.39. The number of nitrogens with zero attached hydrogens (tertiary/aromatic N) is 2. The summed E-state index contributed by atoms with van der Waals surface area (Å²) in [5, 5.41) is 6.49. The molecule has 1 unspecified atom stereocenters. The van der Waals surface area contributed by atoms with E-state index in [4.69, 9.17) is 14.5 Å². The van der Waals surface area contributed by atoms with Gasteiger partial charge < -0.3 is 25.0 Å². The summed E-state index contributed by atoms with van der Waals surface area (Å²) in [6.07, 6.45) is 1.85. The topological polar surface area (TPSA) is 75.2 Å². The minimum absolute atomic E-state index is 0.0110. The monoisotopic (exact) mass is 438 g/mol. The highest BCUT2D eigenvalue weighted by Crippen LogP contribution is 2.24. The first kappa shape index (κ1) is 23.6. The van der Waals surface area contributed by atoms with Crippen molar-refractivity contribution in [2.75, 3.05) is 40.4 Å². The first-order chi connectivity index (χ1) is 15.5. The van der Waals surface area contributed by atoms with E-state index in [1.807, 2.05) is 18.2 Å². The maximum absolute atomic E-state index is 12.1. The molecule has 3 rings (SSSR count). The lowest BCUT2D eigenvalue weighted by molar-refractivity contribution is -0.127. The van der Waals surface area contributed by atoms with Gasteiger partial charge >= 0.3 is 0 Å². The van der Waals surface area contributed by atoms with E-state index < -0.39 is 0 Å². The maximum Gasteiger partial charge on any atom is 0.241 e. The molecule has 32 heavy (non-hydrogen) atoms. The second-order valence-corrected chi connectivity index (χ2v) is 8.18. The normalized spacial score (nSPS) is 16.0. The smallest absolute Gasteiger partial charge is 0.241 e. The molecule has 0 spiro atoms. The number of rotatable bonds is 9. The number of hydrogen-bond acceptors (Lipinski definition) is 4. The number of amides is 1. The Labute approximate surface area is 190 Å². The van der Waals surface area contributed by atoms with Gasteiger partial charge in [-0.3, -0.25) is 4.79 Å². The van der Waals surface area contributed by atoms with Gasteiger partial charge in [0.05, 0.1) is 26.3 Å².